The Morgan fingerprint density at radius 1 is 1.57 bits per heavy atom. The van der Waals surface area contributed by atoms with Crippen LogP contribution in [0, 0.1) is 13.8 Å². The highest BCUT2D eigenvalue weighted by atomic mass is 16.1. The molecule has 0 aliphatic carbocycles. The van der Waals surface area contributed by atoms with Crippen LogP contribution < -0.4 is 10.9 Å². The molecule has 3 nitrogen and oxygen atoms in total. The van der Waals surface area contributed by atoms with Gasteiger partial charge in [-0.3, -0.25) is 4.79 Å². The van der Waals surface area contributed by atoms with Gasteiger partial charge in [0.1, 0.15) is 0 Å². The molecule has 3 heteroatoms. The summed E-state index contributed by atoms with van der Waals surface area (Å²) in [5.74, 6) is 0. The standard InChI is InChI=1S/C11H16N2O/c1-7(2)12-6-10-8(3)5-9(4)13-11(10)14/h5,12H,1,6H2,2-4H3,(H,13,14). The fraction of sp³-hybridized carbons (Fsp3) is 0.364. The minimum absolute atomic E-state index is 0.0174. The van der Waals surface area contributed by atoms with Gasteiger partial charge in [0.2, 0.25) is 0 Å². The summed E-state index contributed by atoms with van der Waals surface area (Å²) < 4.78 is 0. The van der Waals surface area contributed by atoms with Crippen LogP contribution in [-0.4, -0.2) is 4.98 Å². The lowest BCUT2D eigenvalue weighted by Crippen LogP contribution is -2.21. The van der Waals surface area contributed by atoms with E-state index in [1.54, 1.807) is 0 Å². The van der Waals surface area contributed by atoms with Crippen LogP contribution >= 0.6 is 0 Å². The highest BCUT2D eigenvalue weighted by molar-refractivity contribution is 5.25. The van der Waals surface area contributed by atoms with E-state index in [0.717, 1.165) is 22.5 Å². The first-order chi connectivity index (χ1) is 6.50. The van der Waals surface area contributed by atoms with E-state index in [1.807, 2.05) is 26.8 Å². The molecule has 1 aromatic rings. The molecule has 0 aliphatic heterocycles. The smallest absolute Gasteiger partial charge is 0.253 e. The number of allylic oxidation sites excluding steroid dienone is 1. The zero-order valence-electron chi connectivity index (χ0n) is 8.90. The van der Waals surface area contributed by atoms with Crippen molar-refractivity contribution < 1.29 is 0 Å². The van der Waals surface area contributed by atoms with Crippen LogP contribution in [0.15, 0.2) is 23.1 Å². The summed E-state index contributed by atoms with van der Waals surface area (Å²) in [6.45, 7) is 9.96. The van der Waals surface area contributed by atoms with Crippen molar-refractivity contribution in [3.05, 3.63) is 45.5 Å². The van der Waals surface area contributed by atoms with Gasteiger partial charge in [0.05, 0.1) is 0 Å². The van der Waals surface area contributed by atoms with E-state index in [-0.39, 0.29) is 5.56 Å². The van der Waals surface area contributed by atoms with E-state index < -0.39 is 0 Å². The van der Waals surface area contributed by atoms with Crippen LogP contribution in [0.3, 0.4) is 0 Å². The molecular formula is C11H16N2O. The SMILES string of the molecule is C=C(C)NCc1c(C)cc(C)[nH]c1=O. The molecule has 0 atom stereocenters. The van der Waals surface area contributed by atoms with E-state index in [9.17, 15) is 4.79 Å². The van der Waals surface area contributed by atoms with Gasteiger partial charge in [0, 0.05) is 23.5 Å². The van der Waals surface area contributed by atoms with Crippen LogP contribution in [0.5, 0.6) is 0 Å². The quantitative estimate of drug-likeness (QED) is 0.764. The van der Waals surface area contributed by atoms with Gasteiger partial charge < -0.3 is 10.3 Å². The number of H-pyrrole nitrogens is 1. The lowest BCUT2D eigenvalue weighted by molar-refractivity contribution is 0.795. The maximum Gasteiger partial charge on any atom is 0.253 e. The first kappa shape index (κ1) is 10.6. The van der Waals surface area contributed by atoms with Gasteiger partial charge in [-0.25, -0.2) is 0 Å². The summed E-state index contributed by atoms with van der Waals surface area (Å²) in [7, 11) is 0. The molecule has 0 amide bonds. The zero-order chi connectivity index (χ0) is 10.7. The number of pyridine rings is 1. The second-order valence-electron chi connectivity index (χ2n) is 3.58. The maximum absolute atomic E-state index is 11.5. The summed E-state index contributed by atoms with van der Waals surface area (Å²) in [4.78, 5) is 14.3. The van der Waals surface area contributed by atoms with Gasteiger partial charge in [-0.2, -0.15) is 0 Å². The first-order valence-corrected chi connectivity index (χ1v) is 4.59. The highest BCUT2D eigenvalue weighted by Crippen LogP contribution is 2.03. The van der Waals surface area contributed by atoms with Crippen LogP contribution in [-0.2, 0) is 6.54 Å². The van der Waals surface area contributed by atoms with Crippen molar-refractivity contribution in [3.63, 3.8) is 0 Å². The number of nitrogens with one attached hydrogen (secondary N) is 2. The van der Waals surface area contributed by atoms with Gasteiger partial charge in [-0.1, -0.05) is 6.58 Å². The van der Waals surface area contributed by atoms with Gasteiger partial charge in [0.15, 0.2) is 0 Å². The number of hydrogen-bond donors (Lipinski definition) is 2. The molecule has 0 saturated heterocycles. The lowest BCUT2D eigenvalue weighted by Gasteiger charge is -2.07. The van der Waals surface area contributed by atoms with Gasteiger partial charge in [-0.15, -0.1) is 0 Å². The van der Waals surface area contributed by atoms with Gasteiger partial charge >= 0.3 is 0 Å². The van der Waals surface area contributed by atoms with E-state index in [4.69, 9.17) is 0 Å². The number of aryl methyl sites for hydroxylation is 2. The predicted octanol–water partition coefficient (Wildman–Crippen LogP) is 1.61. The summed E-state index contributed by atoms with van der Waals surface area (Å²) in [6.07, 6.45) is 0. The van der Waals surface area contributed by atoms with Crippen molar-refractivity contribution in [1.82, 2.24) is 10.3 Å². The van der Waals surface area contributed by atoms with E-state index >= 15 is 0 Å². The summed E-state index contributed by atoms with van der Waals surface area (Å²) in [6, 6.07) is 1.97. The average molecular weight is 192 g/mol. The third-order valence-electron chi connectivity index (χ3n) is 2.06. The predicted molar refractivity (Wildman–Crippen MR) is 58.2 cm³/mol. The Kier molecular flexibility index (Phi) is 3.12. The minimum atomic E-state index is -0.0174. The fourth-order valence-electron chi connectivity index (χ4n) is 1.34. The summed E-state index contributed by atoms with van der Waals surface area (Å²) >= 11 is 0. The molecule has 1 rings (SSSR count). The molecule has 0 aromatic carbocycles. The van der Waals surface area contributed by atoms with Gasteiger partial charge in [-0.05, 0) is 32.4 Å². The first-order valence-electron chi connectivity index (χ1n) is 4.59. The number of aromatic amines is 1. The minimum Gasteiger partial charge on any atom is -0.385 e. The Hall–Kier alpha value is -1.51. The van der Waals surface area contributed by atoms with Crippen molar-refractivity contribution in [2.45, 2.75) is 27.3 Å². The Labute approximate surface area is 83.9 Å². The Bertz CT molecular complexity index is 404. The van der Waals surface area contributed by atoms with Crippen LogP contribution in [0.2, 0.25) is 0 Å². The Balaban J connectivity index is 2.97. The lowest BCUT2D eigenvalue weighted by atomic mass is 10.1. The molecule has 0 spiro atoms. The molecule has 14 heavy (non-hydrogen) atoms. The van der Waals surface area contributed by atoms with Crippen molar-refractivity contribution in [1.29, 1.82) is 0 Å². The number of rotatable bonds is 3. The molecule has 0 saturated carbocycles. The summed E-state index contributed by atoms with van der Waals surface area (Å²) in [5, 5.41) is 3.05. The third-order valence-corrected chi connectivity index (χ3v) is 2.06. The molecule has 1 heterocycles. The molecule has 0 radical (unpaired) electrons. The molecule has 0 bridgehead atoms. The largest absolute Gasteiger partial charge is 0.385 e. The molecular weight excluding hydrogens is 176 g/mol. The van der Waals surface area contributed by atoms with Crippen molar-refractivity contribution in [2.24, 2.45) is 0 Å². The van der Waals surface area contributed by atoms with E-state index in [0.29, 0.717) is 6.54 Å². The Morgan fingerprint density at radius 2 is 2.21 bits per heavy atom. The normalized spacial score (nSPS) is 9.93. The Morgan fingerprint density at radius 3 is 2.71 bits per heavy atom. The van der Waals surface area contributed by atoms with Crippen LogP contribution in [0.1, 0.15) is 23.7 Å². The third kappa shape index (κ3) is 2.49. The molecule has 2 N–H and O–H groups in total. The second kappa shape index (κ2) is 4.13. The number of aromatic nitrogens is 1. The monoisotopic (exact) mass is 192 g/mol. The summed E-state index contributed by atoms with van der Waals surface area (Å²) in [5.41, 5.74) is 3.53. The van der Waals surface area contributed by atoms with Crippen LogP contribution in [0.4, 0.5) is 0 Å². The fourth-order valence-corrected chi connectivity index (χ4v) is 1.34. The highest BCUT2D eigenvalue weighted by Gasteiger charge is 2.03. The van der Waals surface area contributed by atoms with Gasteiger partial charge in [0.25, 0.3) is 5.56 Å². The molecule has 0 unspecified atom stereocenters. The second-order valence-corrected chi connectivity index (χ2v) is 3.58. The zero-order valence-corrected chi connectivity index (χ0v) is 8.90. The topological polar surface area (TPSA) is 44.9 Å². The number of hydrogen-bond acceptors (Lipinski definition) is 2. The van der Waals surface area contributed by atoms with E-state index in [1.165, 1.54) is 0 Å². The van der Waals surface area contributed by atoms with Crippen molar-refractivity contribution in [3.8, 4) is 0 Å². The molecule has 0 fully saturated rings. The molecule has 0 aliphatic rings. The molecule has 1 aromatic heterocycles. The van der Waals surface area contributed by atoms with Crippen molar-refractivity contribution in [2.75, 3.05) is 0 Å². The van der Waals surface area contributed by atoms with Crippen molar-refractivity contribution >= 4 is 0 Å². The maximum atomic E-state index is 11.5. The van der Waals surface area contributed by atoms with E-state index in [2.05, 4.69) is 16.9 Å². The average Bonchev–Trinajstić information content (AvgIpc) is 2.01. The molecule has 76 valence electrons. The van der Waals surface area contributed by atoms with Crippen LogP contribution in [0.25, 0.3) is 0 Å².